The quantitative estimate of drug-likeness (QED) is 0.159. The van der Waals surface area contributed by atoms with Gasteiger partial charge in [0.1, 0.15) is 0 Å². The van der Waals surface area contributed by atoms with Crippen molar-refractivity contribution in [1.82, 2.24) is 0 Å². The first-order valence-electron chi connectivity index (χ1n) is 14.2. The SMILES string of the molecule is CC(C)c1cc(C(C)C)c([Si](F)(P[Si](C)C)c2c(C(C)C)cc(C(C)C)cc2C(C)C)c(C(C)C)c1. The minimum atomic E-state index is -3.54. The maximum Gasteiger partial charge on any atom is 0.326 e. The summed E-state index contributed by atoms with van der Waals surface area (Å²) in [6, 6.07) is 9.47. The topological polar surface area (TPSA) is 0 Å². The largest absolute Gasteiger partial charge is 0.326 e. The Hall–Kier alpha value is -0.766. The van der Waals surface area contributed by atoms with Crippen LogP contribution in [0.25, 0.3) is 0 Å². The average molecular weight is 544 g/mol. The highest BCUT2D eigenvalue weighted by Gasteiger charge is 2.47. The highest BCUT2D eigenvalue weighted by molar-refractivity contribution is 8.06. The molecular formula is C32H53FPSi2. The number of halogens is 1. The summed E-state index contributed by atoms with van der Waals surface area (Å²) >= 11 is 0. The van der Waals surface area contributed by atoms with Gasteiger partial charge in [-0.1, -0.05) is 120 Å². The fourth-order valence-corrected chi connectivity index (χ4v) is 22.5. The number of benzene rings is 2. The zero-order chi connectivity index (χ0) is 27.7. The number of hydrogen-bond donors (Lipinski definition) is 0. The van der Waals surface area contributed by atoms with Crippen LogP contribution in [0.4, 0.5) is 4.11 Å². The van der Waals surface area contributed by atoms with Gasteiger partial charge in [0.15, 0.2) is 0 Å². The molecule has 1 radical (unpaired) electrons. The van der Waals surface area contributed by atoms with E-state index in [9.17, 15) is 0 Å². The number of rotatable bonds is 10. The van der Waals surface area contributed by atoms with Crippen LogP contribution in [-0.2, 0) is 0 Å². The second-order valence-corrected chi connectivity index (χ2v) is 25.5. The van der Waals surface area contributed by atoms with Crippen LogP contribution in [0.2, 0.25) is 13.1 Å². The molecule has 0 aliphatic carbocycles. The first kappa shape index (κ1) is 31.5. The zero-order valence-electron chi connectivity index (χ0n) is 25.7. The summed E-state index contributed by atoms with van der Waals surface area (Å²) in [4.78, 5) is 0. The molecule has 2 rings (SSSR count). The predicted molar refractivity (Wildman–Crippen MR) is 169 cm³/mol. The van der Waals surface area contributed by atoms with E-state index < -0.39 is 16.5 Å². The molecule has 2 aromatic rings. The van der Waals surface area contributed by atoms with Crippen molar-refractivity contribution >= 4 is 34.6 Å². The Morgan fingerprint density at radius 3 is 0.944 bits per heavy atom. The van der Waals surface area contributed by atoms with E-state index in [1.54, 1.807) is 0 Å². The highest BCUT2D eigenvalue weighted by Crippen LogP contribution is 2.41. The van der Waals surface area contributed by atoms with Crippen molar-refractivity contribution in [1.29, 1.82) is 0 Å². The molecule has 0 amide bonds. The summed E-state index contributed by atoms with van der Waals surface area (Å²) in [5.74, 6) is 2.07. The molecule has 36 heavy (non-hydrogen) atoms. The molecule has 0 fully saturated rings. The maximum absolute atomic E-state index is 18.8. The molecule has 0 aliphatic rings. The predicted octanol–water partition coefficient (Wildman–Crippen LogP) is 9.88. The van der Waals surface area contributed by atoms with Crippen LogP contribution < -0.4 is 10.4 Å². The Kier molecular flexibility index (Phi) is 10.8. The summed E-state index contributed by atoms with van der Waals surface area (Å²) in [6.45, 7) is 31.8. The molecule has 2 aromatic carbocycles. The Bertz CT molecular complexity index is 901. The third-order valence-corrected chi connectivity index (χ3v) is 22.4. The normalized spacial score (nSPS) is 13.4. The van der Waals surface area contributed by atoms with Gasteiger partial charge in [0, 0.05) is 0 Å². The summed E-state index contributed by atoms with van der Waals surface area (Å²) < 4.78 is 18.8. The minimum absolute atomic E-state index is 0.299. The van der Waals surface area contributed by atoms with Crippen molar-refractivity contribution in [3.8, 4) is 0 Å². The van der Waals surface area contributed by atoms with Gasteiger partial charge in [0.25, 0.3) is 0 Å². The highest BCUT2D eigenvalue weighted by atomic mass is 31.6. The second-order valence-electron chi connectivity index (χ2n) is 12.9. The lowest BCUT2D eigenvalue weighted by molar-refractivity contribution is 0.788. The van der Waals surface area contributed by atoms with Crippen LogP contribution in [0, 0.1) is 0 Å². The van der Waals surface area contributed by atoms with Crippen LogP contribution in [0.15, 0.2) is 24.3 Å². The van der Waals surface area contributed by atoms with Gasteiger partial charge >= 0.3 is 8.08 Å². The minimum Gasteiger partial charge on any atom is -0.296 e. The van der Waals surface area contributed by atoms with Crippen molar-refractivity contribution in [3.63, 3.8) is 0 Å². The molecule has 201 valence electrons. The fourth-order valence-electron chi connectivity index (χ4n) is 5.30. The van der Waals surface area contributed by atoms with E-state index >= 15 is 4.11 Å². The fraction of sp³-hybridized carbons (Fsp3) is 0.625. The summed E-state index contributed by atoms with van der Waals surface area (Å²) in [5.41, 5.74) is 7.79. The zero-order valence-corrected chi connectivity index (χ0v) is 28.7. The molecule has 0 heterocycles. The smallest absolute Gasteiger partial charge is 0.296 e. The Morgan fingerprint density at radius 2 is 0.778 bits per heavy atom. The van der Waals surface area contributed by atoms with Crippen LogP contribution in [-0.4, -0.2) is 16.5 Å². The van der Waals surface area contributed by atoms with Gasteiger partial charge in [-0.2, -0.15) is 0 Å². The van der Waals surface area contributed by atoms with E-state index in [0.29, 0.717) is 43.2 Å². The molecule has 0 bridgehead atoms. The lowest BCUT2D eigenvalue weighted by Crippen LogP contribution is -2.58. The van der Waals surface area contributed by atoms with Crippen LogP contribution in [0.3, 0.4) is 0 Å². The second kappa shape index (κ2) is 12.4. The average Bonchev–Trinajstić information content (AvgIpc) is 2.76. The first-order valence-corrected chi connectivity index (χ1v) is 21.5. The van der Waals surface area contributed by atoms with E-state index in [2.05, 4.69) is 120 Å². The molecule has 0 N–H and O–H groups in total. The third-order valence-electron chi connectivity index (χ3n) is 7.38. The Balaban J connectivity index is 3.21. The van der Waals surface area contributed by atoms with Gasteiger partial charge in [-0.3, -0.25) is 4.11 Å². The molecule has 0 nitrogen and oxygen atoms in total. The van der Waals surface area contributed by atoms with Crippen molar-refractivity contribution < 1.29 is 4.11 Å². The molecule has 1 unspecified atom stereocenters. The van der Waals surface area contributed by atoms with E-state index in [4.69, 9.17) is 0 Å². The maximum atomic E-state index is 18.8. The third kappa shape index (κ3) is 6.62. The van der Waals surface area contributed by atoms with Crippen molar-refractivity contribution in [3.05, 3.63) is 57.6 Å². The first-order chi connectivity index (χ1) is 16.5. The summed E-state index contributed by atoms with van der Waals surface area (Å²) in [5, 5.41) is 2.25. The number of hydrogen-bond acceptors (Lipinski definition) is 0. The van der Waals surface area contributed by atoms with Crippen LogP contribution in [0.1, 0.15) is 152 Å². The molecular weight excluding hydrogens is 490 g/mol. The van der Waals surface area contributed by atoms with Crippen molar-refractivity contribution in [2.24, 2.45) is 0 Å². The summed E-state index contributed by atoms with van der Waals surface area (Å²) in [7, 11) is -3.93. The summed E-state index contributed by atoms with van der Waals surface area (Å²) in [6.07, 6.45) is 0. The van der Waals surface area contributed by atoms with E-state index in [0.717, 1.165) is 10.4 Å². The van der Waals surface area contributed by atoms with Crippen molar-refractivity contribution in [2.45, 2.75) is 132 Å². The monoisotopic (exact) mass is 543 g/mol. The van der Waals surface area contributed by atoms with Gasteiger partial charge in [-0.25, -0.2) is 0 Å². The van der Waals surface area contributed by atoms with Gasteiger partial charge < -0.3 is 0 Å². The molecule has 0 spiro atoms. The van der Waals surface area contributed by atoms with Gasteiger partial charge in [-0.05, 0) is 79.3 Å². The Morgan fingerprint density at radius 1 is 0.528 bits per heavy atom. The van der Waals surface area contributed by atoms with Gasteiger partial charge in [-0.15, -0.1) is 7.68 Å². The lowest BCUT2D eigenvalue weighted by atomic mass is 9.89. The standard InChI is InChI=1S/C32H53FPSi2/c1-19(2)25-15-27(21(5)6)31(28(16-25)22(7)8)36(33,34-35(13)14)32-29(23(9)10)17-26(20(3)4)18-30(32)24(11)12/h15-24,34H,1-14H3. The molecule has 0 saturated carbocycles. The molecule has 0 saturated heterocycles. The van der Waals surface area contributed by atoms with E-state index in [1.807, 2.05) is 0 Å². The molecule has 0 aliphatic heterocycles. The van der Waals surface area contributed by atoms with Gasteiger partial charge in [0.05, 0.1) is 8.46 Å². The van der Waals surface area contributed by atoms with Gasteiger partial charge in [0.2, 0.25) is 0 Å². The molecule has 1 atom stereocenters. The van der Waals surface area contributed by atoms with E-state index in [1.165, 1.54) is 33.4 Å². The Labute approximate surface area is 227 Å². The van der Waals surface area contributed by atoms with Crippen LogP contribution in [0.5, 0.6) is 0 Å². The van der Waals surface area contributed by atoms with Crippen molar-refractivity contribution in [2.75, 3.05) is 0 Å². The lowest BCUT2D eigenvalue weighted by Gasteiger charge is -2.37. The van der Waals surface area contributed by atoms with Crippen LogP contribution >= 0.6 is 7.68 Å². The molecule has 0 aromatic heterocycles. The van der Waals surface area contributed by atoms with E-state index in [-0.39, 0.29) is 0 Å². The molecule has 4 heteroatoms.